The van der Waals surface area contributed by atoms with Crippen molar-refractivity contribution in [3.8, 4) is 0 Å². The fourth-order valence-corrected chi connectivity index (χ4v) is 3.42. The van der Waals surface area contributed by atoms with Gasteiger partial charge in [0.25, 0.3) is 5.91 Å². The summed E-state index contributed by atoms with van der Waals surface area (Å²) in [5, 5.41) is 0. The molecule has 0 aromatic heterocycles. The number of hydrogen-bond acceptors (Lipinski definition) is 2. The van der Waals surface area contributed by atoms with Crippen LogP contribution in [0.5, 0.6) is 0 Å². The highest BCUT2D eigenvalue weighted by Gasteiger charge is 2.32. The molecule has 5 heteroatoms. The SMILES string of the molecule is Cc1cccc(C(=O)N2CCCC(C)C2CN)c1I.Cl. The second-order valence-electron chi connectivity index (χ2n) is 5.36. The van der Waals surface area contributed by atoms with Crippen LogP contribution in [-0.2, 0) is 0 Å². The lowest BCUT2D eigenvalue weighted by molar-refractivity contribution is 0.0531. The molecule has 0 saturated carbocycles. The first kappa shape index (κ1) is 17.7. The van der Waals surface area contributed by atoms with E-state index in [0.29, 0.717) is 12.5 Å². The molecule has 1 aromatic carbocycles. The van der Waals surface area contributed by atoms with Gasteiger partial charge in [0.2, 0.25) is 0 Å². The van der Waals surface area contributed by atoms with Crippen LogP contribution < -0.4 is 5.73 Å². The second kappa shape index (κ2) is 7.61. The third-order valence-electron chi connectivity index (χ3n) is 4.04. The fourth-order valence-electron chi connectivity index (χ4n) is 2.83. The molecule has 3 nitrogen and oxygen atoms in total. The van der Waals surface area contributed by atoms with E-state index in [0.717, 1.165) is 34.1 Å². The Morgan fingerprint density at radius 1 is 1.50 bits per heavy atom. The third kappa shape index (κ3) is 3.46. The molecule has 0 aliphatic carbocycles. The number of halogens is 2. The molecule has 2 atom stereocenters. The smallest absolute Gasteiger partial charge is 0.255 e. The largest absolute Gasteiger partial charge is 0.334 e. The van der Waals surface area contributed by atoms with E-state index < -0.39 is 0 Å². The van der Waals surface area contributed by atoms with Crippen molar-refractivity contribution in [2.45, 2.75) is 32.7 Å². The van der Waals surface area contributed by atoms with Crippen LogP contribution in [0, 0.1) is 16.4 Å². The van der Waals surface area contributed by atoms with E-state index in [1.807, 2.05) is 30.0 Å². The van der Waals surface area contributed by atoms with Gasteiger partial charge in [0.15, 0.2) is 0 Å². The standard InChI is InChI=1S/C15H21IN2O.ClH/c1-10-6-4-8-18(13(10)9-17)15(19)12-7-3-5-11(2)14(12)16;/h3,5,7,10,13H,4,6,8-9,17H2,1-2H3;1H. The summed E-state index contributed by atoms with van der Waals surface area (Å²) >= 11 is 2.26. The Bertz CT molecular complexity index is 481. The maximum atomic E-state index is 12.8. The molecule has 2 N–H and O–H groups in total. The van der Waals surface area contributed by atoms with Crippen molar-refractivity contribution in [3.05, 3.63) is 32.9 Å². The Kier molecular flexibility index (Phi) is 6.75. The Balaban J connectivity index is 0.00000200. The maximum absolute atomic E-state index is 12.8. The van der Waals surface area contributed by atoms with Crippen LogP contribution in [0.2, 0.25) is 0 Å². The van der Waals surface area contributed by atoms with Crippen molar-refractivity contribution in [2.24, 2.45) is 11.7 Å². The first-order chi connectivity index (χ1) is 9.06. The predicted octanol–water partition coefficient (Wildman–Crippen LogP) is 3.22. The van der Waals surface area contributed by atoms with Gasteiger partial charge in [-0.1, -0.05) is 19.1 Å². The average molecular weight is 409 g/mol. The summed E-state index contributed by atoms with van der Waals surface area (Å²) in [5.41, 5.74) is 7.84. The summed E-state index contributed by atoms with van der Waals surface area (Å²) in [7, 11) is 0. The van der Waals surface area contributed by atoms with Crippen molar-refractivity contribution >= 4 is 40.9 Å². The van der Waals surface area contributed by atoms with Gasteiger partial charge < -0.3 is 10.6 Å². The molecule has 112 valence electrons. The summed E-state index contributed by atoms with van der Waals surface area (Å²) in [4.78, 5) is 14.7. The number of carbonyl (C=O) groups is 1. The van der Waals surface area contributed by atoms with E-state index in [-0.39, 0.29) is 24.4 Å². The van der Waals surface area contributed by atoms with Gasteiger partial charge in [0, 0.05) is 22.7 Å². The number of piperidine rings is 1. The first-order valence-corrected chi connectivity index (χ1v) is 7.90. The Morgan fingerprint density at radius 2 is 2.20 bits per heavy atom. The van der Waals surface area contributed by atoms with E-state index in [2.05, 4.69) is 29.5 Å². The molecule has 1 aliphatic rings. The molecular weight excluding hydrogens is 387 g/mol. The van der Waals surface area contributed by atoms with Crippen LogP contribution in [0.1, 0.15) is 35.7 Å². The number of likely N-dealkylation sites (tertiary alicyclic amines) is 1. The number of amides is 1. The lowest BCUT2D eigenvalue weighted by atomic mass is 9.90. The number of nitrogens with two attached hydrogens (primary N) is 1. The van der Waals surface area contributed by atoms with Gasteiger partial charge in [-0.3, -0.25) is 4.79 Å². The highest BCUT2D eigenvalue weighted by molar-refractivity contribution is 14.1. The molecule has 1 heterocycles. The molecule has 1 saturated heterocycles. The van der Waals surface area contributed by atoms with Crippen molar-refractivity contribution < 1.29 is 4.79 Å². The fraction of sp³-hybridized carbons (Fsp3) is 0.533. The lowest BCUT2D eigenvalue weighted by Gasteiger charge is -2.39. The minimum atomic E-state index is 0. The number of rotatable bonds is 2. The Hall–Kier alpha value is -0.330. The van der Waals surface area contributed by atoms with Crippen LogP contribution >= 0.6 is 35.0 Å². The molecule has 1 aliphatic heterocycles. The number of nitrogens with zero attached hydrogens (tertiary/aromatic N) is 1. The van der Waals surface area contributed by atoms with Gasteiger partial charge in [-0.15, -0.1) is 12.4 Å². The van der Waals surface area contributed by atoms with Crippen LogP contribution in [0.25, 0.3) is 0 Å². The van der Waals surface area contributed by atoms with E-state index in [1.165, 1.54) is 0 Å². The molecule has 1 amide bonds. The zero-order chi connectivity index (χ0) is 14.0. The van der Waals surface area contributed by atoms with Crippen molar-refractivity contribution in [3.63, 3.8) is 0 Å². The second-order valence-corrected chi connectivity index (χ2v) is 6.44. The molecule has 0 radical (unpaired) electrons. The van der Waals surface area contributed by atoms with Crippen LogP contribution in [0.4, 0.5) is 0 Å². The van der Waals surface area contributed by atoms with Crippen LogP contribution in [-0.4, -0.2) is 29.9 Å². The minimum absolute atomic E-state index is 0. The molecule has 2 rings (SSSR count). The van der Waals surface area contributed by atoms with Gasteiger partial charge in [0.1, 0.15) is 0 Å². The lowest BCUT2D eigenvalue weighted by Crippen LogP contribution is -2.51. The average Bonchev–Trinajstić information content (AvgIpc) is 2.41. The van der Waals surface area contributed by atoms with Gasteiger partial charge in [-0.25, -0.2) is 0 Å². The number of carbonyl (C=O) groups excluding carboxylic acids is 1. The first-order valence-electron chi connectivity index (χ1n) is 6.82. The number of benzene rings is 1. The van der Waals surface area contributed by atoms with Crippen LogP contribution in [0.15, 0.2) is 18.2 Å². The van der Waals surface area contributed by atoms with Crippen molar-refractivity contribution in [2.75, 3.05) is 13.1 Å². The summed E-state index contributed by atoms with van der Waals surface area (Å²) in [6, 6.07) is 6.09. The molecule has 1 fully saturated rings. The Morgan fingerprint density at radius 3 is 2.85 bits per heavy atom. The molecule has 2 unspecified atom stereocenters. The zero-order valence-corrected chi connectivity index (χ0v) is 14.9. The number of aryl methyl sites for hydroxylation is 1. The minimum Gasteiger partial charge on any atom is -0.334 e. The van der Waals surface area contributed by atoms with Gasteiger partial charge in [-0.05, 0) is 59.9 Å². The summed E-state index contributed by atoms with van der Waals surface area (Å²) < 4.78 is 1.05. The number of hydrogen-bond donors (Lipinski definition) is 1. The zero-order valence-electron chi connectivity index (χ0n) is 11.9. The summed E-state index contributed by atoms with van der Waals surface area (Å²) in [6.07, 6.45) is 2.24. The Labute approximate surface area is 140 Å². The molecule has 20 heavy (non-hydrogen) atoms. The molecule has 1 aromatic rings. The molecule has 0 spiro atoms. The topological polar surface area (TPSA) is 46.3 Å². The van der Waals surface area contributed by atoms with Crippen molar-refractivity contribution in [1.29, 1.82) is 0 Å². The van der Waals surface area contributed by atoms with Gasteiger partial charge >= 0.3 is 0 Å². The van der Waals surface area contributed by atoms with E-state index in [9.17, 15) is 4.79 Å². The van der Waals surface area contributed by atoms with E-state index in [1.54, 1.807) is 0 Å². The summed E-state index contributed by atoms with van der Waals surface area (Å²) in [5.74, 6) is 0.625. The highest BCUT2D eigenvalue weighted by Crippen LogP contribution is 2.26. The van der Waals surface area contributed by atoms with E-state index in [4.69, 9.17) is 5.73 Å². The molecule has 0 bridgehead atoms. The third-order valence-corrected chi connectivity index (χ3v) is 5.47. The highest BCUT2D eigenvalue weighted by atomic mass is 127. The predicted molar refractivity (Wildman–Crippen MR) is 93.4 cm³/mol. The van der Waals surface area contributed by atoms with Gasteiger partial charge in [-0.2, -0.15) is 0 Å². The maximum Gasteiger partial charge on any atom is 0.255 e. The van der Waals surface area contributed by atoms with E-state index >= 15 is 0 Å². The normalized spacial score (nSPS) is 22.3. The van der Waals surface area contributed by atoms with Crippen LogP contribution in [0.3, 0.4) is 0 Å². The molecular formula is C15H22ClIN2O. The monoisotopic (exact) mass is 408 g/mol. The quantitative estimate of drug-likeness (QED) is 0.764. The van der Waals surface area contributed by atoms with Crippen molar-refractivity contribution in [1.82, 2.24) is 4.90 Å². The van der Waals surface area contributed by atoms with Gasteiger partial charge in [0.05, 0.1) is 5.56 Å². The summed E-state index contributed by atoms with van der Waals surface area (Å²) in [6.45, 7) is 5.61.